The summed E-state index contributed by atoms with van der Waals surface area (Å²) in [5, 5.41) is 60.3. The molecule has 0 rings (SSSR count). The minimum Gasteiger partial charge on any atom is -0.481 e. The van der Waals surface area contributed by atoms with Crippen molar-refractivity contribution < 1.29 is 40.5 Å². The monoisotopic (exact) mass is 298 g/mol. The number of rotatable bonds is 9. The lowest BCUT2D eigenvalue weighted by molar-refractivity contribution is -0.137. The highest BCUT2D eigenvalue weighted by Gasteiger charge is 2.29. The summed E-state index contributed by atoms with van der Waals surface area (Å²) in [5.41, 5.74) is 0. The van der Waals surface area contributed by atoms with E-state index >= 15 is 0 Å². The number of hydrogen-bond donors (Lipinski definition) is 7. The quantitative estimate of drug-likeness (QED) is 0.242. The Kier molecular flexibility index (Phi) is 14.2. The van der Waals surface area contributed by atoms with E-state index < -0.39 is 43.6 Å². The molecule has 0 radical (unpaired) electrons. The molecule has 0 aliphatic carbocycles. The lowest BCUT2D eigenvalue weighted by Gasteiger charge is -2.24. The van der Waals surface area contributed by atoms with Crippen LogP contribution in [0.2, 0.25) is 0 Å². The third-order valence-electron chi connectivity index (χ3n) is 2.51. The Morgan fingerprint density at radius 2 is 1.30 bits per heavy atom. The number of carboxylic acid groups (broad SMARTS) is 1. The van der Waals surface area contributed by atoms with Gasteiger partial charge in [-0.05, 0) is 6.42 Å². The van der Waals surface area contributed by atoms with Gasteiger partial charge in [-0.2, -0.15) is 0 Å². The second-order valence-electron chi connectivity index (χ2n) is 4.33. The molecule has 8 heteroatoms. The number of carboxylic acids is 1. The fourth-order valence-corrected chi connectivity index (χ4v) is 1.20. The number of unbranched alkanes of at least 4 members (excludes halogenated alkanes) is 2. The summed E-state index contributed by atoms with van der Waals surface area (Å²) in [6.45, 7) is 0.606. The van der Waals surface area contributed by atoms with Crippen LogP contribution in [0.25, 0.3) is 0 Å². The van der Waals surface area contributed by atoms with Crippen LogP contribution >= 0.6 is 0 Å². The average Bonchev–Trinajstić information content (AvgIpc) is 2.44. The van der Waals surface area contributed by atoms with Crippen LogP contribution in [0.4, 0.5) is 0 Å². The van der Waals surface area contributed by atoms with Gasteiger partial charge in [0.25, 0.3) is 0 Å². The van der Waals surface area contributed by atoms with E-state index in [2.05, 4.69) is 6.92 Å². The van der Waals surface area contributed by atoms with Crippen molar-refractivity contribution in [2.24, 2.45) is 0 Å². The summed E-state index contributed by atoms with van der Waals surface area (Å²) in [4.78, 5) is 9.87. The Morgan fingerprint density at radius 1 is 0.900 bits per heavy atom. The second kappa shape index (κ2) is 13.2. The van der Waals surface area contributed by atoms with Gasteiger partial charge in [0.2, 0.25) is 0 Å². The molecule has 4 atom stereocenters. The predicted molar refractivity (Wildman–Crippen MR) is 70.0 cm³/mol. The van der Waals surface area contributed by atoms with Crippen molar-refractivity contribution in [1.82, 2.24) is 0 Å². The van der Waals surface area contributed by atoms with Gasteiger partial charge in [0.05, 0.1) is 13.2 Å². The molecule has 0 aromatic rings. The molecule has 0 saturated heterocycles. The van der Waals surface area contributed by atoms with Crippen molar-refractivity contribution in [3.05, 3.63) is 0 Å². The molecule has 0 aromatic carbocycles. The first-order valence-electron chi connectivity index (χ1n) is 6.47. The molecule has 122 valence electrons. The summed E-state index contributed by atoms with van der Waals surface area (Å²) in [7, 11) is 0. The average molecular weight is 298 g/mol. The minimum atomic E-state index is -1.67. The fourth-order valence-electron chi connectivity index (χ4n) is 1.20. The van der Waals surface area contributed by atoms with Crippen molar-refractivity contribution in [2.75, 3.05) is 13.2 Å². The van der Waals surface area contributed by atoms with Gasteiger partial charge in [0.15, 0.2) is 0 Å². The van der Waals surface area contributed by atoms with Gasteiger partial charge in [0, 0.05) is 6.42 Å². The first kappa shape index (κ1) is 21.5. The molecule has 7 N–H and O–H groups in total. The number of aliphatic hydroxyl groups excluding tert-OH is 6. The molecular formula is C12H26O8. The minimum absolute atomic E-state index is 0.327. The number of hydrogen-bond acceptors (Lipinski definition) is 7. The topological polar surface area (TPSA) is 159 Å². The van der Waals surface area contributed by atoms with Crippen molar-refractivity contribution in [3.63, 3.8) is 0 Å². The van der Waals surface area contributed by atoms with Crippen LogP contribution < -0.4 is 0 Å². The van der Waals surface area contributed by atoms with Gasteiger partial charge >= 0.3 is 5.97 Å². The normalized spacial score (nSPS) is 16.6. The molecule has 0 saturated carbocycles. The molecule has 0 unspecified atom stereocenters. The summed E-state index contributed by atoms with van der Waals surface area (Å²) >= 11 is 0. The number of aliphatic hydroxyl groups is 6. The molecule has 0 bridgehead atoms. The molecule has 8 nitrogen and oxygen atoms in total. The zero-order valence-electron chi connectivity index (χ0n) is 11.6. The van der Waals surface area contributed by atoms with Gasteiger partial charge in [-0.25, -0.2) is 0 Å². The van der Waals surface area contributed by atoms with Crippen molar-refractivity contribution in [2.45, 2.75) is 57.0 Å². The third-order valence-corrected chi connectivity index (χ3v) is 2.51. The van der Waals surface area contributed by atoms with E-state index in [1.165, 1.54) is 0 Å². The van der Waals surface area contributed by atoms with Gasteiger partial charge in [-0.3, -0.25) is 4.79 Å². The Balaban J connectivity index is 0. The Morgan fingerprint density at radius 3 is 1.55 bits per heavy atom. The van der Waals surface area contributed by atoms with E-state index in [4.69, 9.17) is 35.7 Å². The summed E-state index contributed by atoms with van der Waals surface area (Å²) in [6, 6.07) is 0. The van der Waals surface area contributed by atoms with E-state index in [-0.39, 0.29) is 0 Å². The molecule has 0 aliphatic heterocycles. The number of aliphatic carboxylic acids is 1. The van der Waals surface area contributed by atoms with Crippen molar-refractivity contribution in [1.29, 1.82) is 0 Å². The molecule has 0 heterocycles. The highest BCUT2D eigenvalue weighted by molar-refractivity contribution is 5.66. The maximum absolute atomic E-state index is 9.87. The fraction of sp³-hybridized carbons (Fsp3) is 0.917. The number of carbonyl (C=O) groups is 1. The van der Waals surface area contributed by atoms with Gasteiger partial charge in [0.1, 0.15) is 24.4 Å². The van der Waals surface area contributed by atoms with Gasteiger partial charge < -0.3 is 35.7 Å². The lowest BCUT2D eigenvalue weighted by atomic mass is 10.0. The zero-order chi connectivity index (χ0) is 16.1. The molecule has 20 heavy (non-hydrogen) atoms. The molecular weight excluding hydrogens is 272 g/mol. The molecule has 0 aromatic heterocycles. The van der Waals surface area contributed by atoms with Gasteiger partial charge in [-0.1, -0.05) is 19.8 Å². The van der Waals surface area contributed by atoms with E-state index in [0.717, 1.165) is 19.3 Å². The molecule has 0 spiro atoms. The lowest BCUT2D eigenvalue weighted by Crippen LogP contribution is -2.46. The van der Waals surface area contributed by atoms with Crippen LogP contribution in [0, 0.1) is 0 Å². The summed E-state index contributed by atoms with van der Waals surface area (Å²) in [6.07, 6.45) is -3.11. The van der Waals surface area contributed by atoms with Crippen molar-refractivity contribution >= 4 is 5.97 Å². The second-order valence-corrected chi connectivity index (χ2v) is 4.33. The molecule has 0 amide bonds. The summed E-state index contributed by atoms with van der Waals surface area (Å²) in [5.74, 6) is -0.682. The van der Waals surface area contributed by atoms with E-state index in [1.54, 1.807) is 0 Å². The molecule has 0 fully saturated rings. The highest BCUT2D eigenvalue weighted by Crippen LogP contribution is 2.04. The standard InChI is InChI=1S/C6H14O6.C6H12O2/c7-1-3(9)5(11)6(12)4(10)2-8;1-2-3-4-5-6(7)8/h3-12H,1-2H2;2-5H2,1H3,(H,7,8)/t3-,4-,5-,6-;/m1./s1. The van der Waals surface area contributed by atoms with Crippen LogP contribution in [-0.2, 0) is 4.79 Å². The van der Waals surface area contributed by atoms with E-state index in [9.17, 15) is 4.79 Å². The maximum Gasteiger partial charge on any atom is 0.303 e. The molecule has 0 aliphatic rings. The van der Waals surface area contributed by atoms with Crippen LogP contribution in [0.1, 0.15) is 32.6 Å². The van der Waals surface area contributed by atoms with Crippen LogP contribution in [0.15, 0.2) is 0 Å². The van der Waals surface area contributed by atoms with E-state index in [0.29, 0.717) is 6.42 Å². The van der Waals surface area contributed by atoms with Crippen LogP contribution in [-0.4, -0.2) is 79.3 Å². The SMILES string of the molecule is CCCCCC(=O)O.OC[C@@H](O)[C@@H](O)[C@H](O)[C@H](O)CO. The zero-order valence-corrected chi connectivity index (χ0v) is 11.6. The summed E-state index contributed by atoms with van der Waals surface area (Å²) < 4.78 is 0. The largest absolute Gasteiger partial charge is 0.481 e. The highest BCUT2D eigenvalue weighted by atomic mass is 16.4. The maximum atomic E-state index is 9.87. The Bertz CT molecular complexity index is 221. The van der Waals surface area contributed by atoms with Gasteiger partial charge in [-0.15, -0.1) is 0 Å². The van der Waals surface area contributed by atoms with Crippen molar-refractivity contribution in [3.8, 4) is 0 Å². The van der Waals surface area contributed by atoms with E-state index in [1.807, 2.05) is 0 Å². The Hall–Kier alpha value is -0.770. The Labute approximate surface area is 117 Å². The first-order valence-corrected chi connectivity index (χ1v) is 6.47. The third kappa shape index (κ3) is 11.1. The first-order chi connectivity index (χ1) is 9.31. The van der Waals surface area contributed by atoms with Crippen LogP contribution in [0.3, 0.4) is 0 Å². The van der Waals surface area contributed by atoms with Crippen LogP contribution in [0.5, 0.6) is 0 Å². The smallest absolute Gasteiger partial charge is 0.303 e. The predicted octanol–water partition coefficient (Wildman–Crippen LogP) is -1.93.